The van der Waals surface area contributed by atoms with Gasteiger partial charge in [0.2, 0.25) is 5.91 Å². The summed E-state index contributed by atoms with van der Waals surface area (Å²) in [5.41, 5.74) is 3.71. The first kappa shape index (κ1) is 21.3. The number of amides is 1. The Balaban J connectivity index is 1.46. The van der Waals surface area contributed by atoms with Gasteiger partial charge in [-0.3, -0.25) is 4.79 Å². The summed E-state index contributed by atoms with van der Waals surface area (Å²) in [7, 11) is 0. The lowest BCUT2D eigenvalue weighted by molar-refractivity contribution is -0.120. The molecule has 1 atom stereocenters. The van der Waals surface area contributed by atoms with Crippen LogP contribution >= 0.6 is 23.1 Å². The highest BCUT2D eigenvalue weighted by Crippen LogP contribution is 2.31. The quantitative estimate of drug-likeness (QED) is 0.336. The van der Waals surface area contributed by atoms with Crippen LogP contribution in [0.4, 0.5) is 4.39 Å². The van der Waals surface area contributed by atoms with Crippen molar-refractivity contribution in [2.45, 2.75) is 22.6 Å². The maximum atomic E-state index is 13.2. The second-order valence-electron chi connectivity index (χ2n) is 7.03. The molecular weight excluding hydrogens is 427 g/mol. The Morgan fingerprint density at radius 2 is 1.52 bits per heavy atom. The van der Waals surface area contributed by atoms with E-state index in [1.54, 1.807) is 12.1 Å². The third-order valence-corrected chi connectivity index (χ3v) is 6.89. The Morgan fingerprint density at radius 1 is 0.935 bits per heavy atom. The summed E-state index contributed by atoms with van der Waals surface area (Å²) in [6, 6.07) is 25.9. The van der Waals surface area contributed by atoms with Crippen molar-refractivity contribution in [2.75, 3.05) is 0 Å². The number of nitrogens with one attached hydrogen (secondary N) is 1. The first-order valence-electron chi connectivity index (χ1n) is 9.88. The molecule has 1 N–H and O–H groups in total. The van der Waals surface area contributed by atoms with Gasteiger partial charge < -0.3 is 5.32 Å². The summed E-state index contributed by atoms with van der Waals surface area (Å²) in [4.78, 5) is 17.6. The second-order valence-corrected chi connectivity index (χ2v) is 9.47. The number of aromatic nitrogens is 1. The fourth-order valence-corrected chi connectivity index (χ4v) is 5.16. The van der Waals surface area contributed by atoms with Crippen LogP contribution in [0.1, 0.15) is 24.1 Å². The molecule has 0 radical (unpaired) electrons. The van der Waals surface area contributed by atoms with Gasteiger partial charge in [0.1, 0.15) is 5.82 Å². The Labute approximate surface area is 189 Å². The van der Waals surface area contributed by atoms with Gasteiger partial charge in [0.05, 0.1) is 17.0 Å². The molecule has 6 heteroatoms. The average Bonchev–Trinajstić information content (AvgIpc) is 3.27. The van der Waals surface area contributed by atoms with Crippen LogP contribution in [0.2, 0.25) is 0 Å². The first-order chi connectivity index (χ1) is 15.1. The molecule has 0 bridgehead atoms. The molecule has 0 aliphatic heterocycles. The van der Waals surface area contributed by atoms with E-state index in [2.05, 4.69) is 10.3 Å². The van der Waals surface area contributed by atoms with Gasteiger partial charge in [0.25, 0.3) is 0 Å². The smallest absolute Gasteiger partial charge is 0.234 e. The van der Waals surface area contributed by atoms with E-state index in [9.17, 15) is 9.18 Å². The Bertz CT molecular complexity index is 1090. The molecular formula is C25H21FN2OS2. The number of nitrogens with zero attached hydrogens (tertiary/aromatic N) is 1. The van der Waals surface area contributed by atoms with Gasteiger partial charge in [0, 0.05) is 10.9 Å². The molecule has 0 fully saturated rings. The molecule has 0 spiro atoms. The van der Waals surface area contributed by atoms with Crippen LogP contribution < -0.4 is 5.32 Å². The van der Waals surface area contributed by atoms with Crippen molar-refractivity contribution in [3.05, 3.63) is 107 Å². The molecule has 1 aromatic heterocycles. The molecule has 3 nitrogen and oxygen atoms in total. The van der Waals surface area contributed by atoms with E-state index in [0.29, 0.717) is 0 Å². The summed E-state index contributed by atoms with van der Waals surface area (Å²) < 4.78 is 14.0. The summed E-state index contributed by atoms with van der Waals surface area (Å²) in [5, 5.41) is 4.80. The molecule has 0 aliphatic carbocycles. The summed E-state index contributed by atoms with van der Waals surface area (Å²) in [5.74, 6) is -0.327. The number of benzene rings is 3. The molecule has 0 saturated carbocycles. The fourth-order valence-electron chi connectivity index (χ4n) is 3.18. The maximum absolute atomic E-state index is 13.2. The Morgan fingerprint density at radius 3 is 2.10 bits per heavy atom. The molecule has 1 unspecified atom stereocenters. The molecule has 31 heavy (non-hydrogen) atoms. The zero-order valence-electron chi connectivity index (χ0n) is 16.9. The highest BCUT2D eigenvalue weighted by molar-refractivity contribution is 8.02. The zero-order valence-corrected chi connectivity index (χ0v) is 18.5. The maximum Gasteiger partial charge on any atom is 0.234 e. The van der Waals surface area contributed by atoms with Crippen molar-refractivity contribution in [1.82, 2.24) is 10.3 Å². The van der Waals surface area contributed by atoms with Gasteiger partial charge in [-0.1, -0.05) is 72.4 Å². The lowest BCUT2D eigenvalue weighted by Gasteiger charge is -2.21. The third-order valence-electron chi connectivity index (χ3n) is 4.82. The summed E-state index contributed by atoms with van der Waals surface area (Å²) in [6.45, 7) is 1.88. The number of rotatable bonds is 7. The van der Waals surface area contributed by atoms with Crippen LogP contribution in [0.5, 0.6) is 0 Å². The van der Waals surface area contributed by atoms with Crippen LogP contribution in [0.15, 0.2) is 94.6 Å². The second kappa shape index (κ2) is 9.90. The van der Waals surface area contributed by atoms with Crippen LogP contribution in [-0.4, -0.2) is 16.1 Å². The Kier molecular flexibility index (Phi) is 6.79. The van der Waals surface area contributed by atoms with E-state index in [-0.39, 0.29) is 23.0 Å². The highest BCUT2D eigenvalue weighted by Gasteiger charge is 2.22. The summed E-state index contributed by atoms with van der Waals surface area (Å²) >= 11 is 2.91. The molecule has 3 aromatic carbocycles. The van der Waals surface area contributed by atoms with Crippen molar-refractivity contribution < 1.29 is 9.18 Å². The van der Waals surface area contributed by atoms with E-state index >= 15 is 0 Å². The SMILES string of the molecule is CC(Sc1nc(-c2ccc(F)cc2)cs1)C(=O)NC(c1ccccc1)c1ccccc1. The van der Waals surface area contributed by atoms with E-state index in [0.717, 1.165) is 26.7 Å². The van der Waals surface area contributed by atoms with Gasteiger partial charge in [-0.2, -0.15) is 0 Å². The van der Waals surface area contributed by atoms with Crippen molar-refractivity contribution in [3.63, 3.8) is 0 Å². The molecule has 156 valence electrons. The lowest BCUT2D eigenvalue weighted by Crippen LogP contribution is -2.34. The number of thiazole rings is 1. The van der Waals surface area contributed by atoms with Crippen molar-refractivity contribution in [2.24, 2.45) is 0 Å². The normalized spacial score (nSPS) is 12.0. The molecule has 1 amide bonds. The number of halogens is 1. The van der Waals surface area contributed by atoms with Crippen LogP contribution in [0.3, 0.4) is 0 Å². The van der Waals surface area contributed by atoms with Gasteiger partial charge >= 0.3 is 0 Å². The summed E-state index contributed by atoms with van der Waals surface area (Å²) in [6.07, 6.45) is 0. The Hall–Kier alpha value is -2.96. The number of carbonyl (C=O) groups excluding carboxylic acids is 1. The molecule has 0 saturated heterocycles. The number of hydrogen-bond donors (Lipinski definition) is 1. The number of thioether (sulfide) groups is 1. The highest BCUT2D eigenvalue weighted by atomic mass is 32.2. The number of carbonyl (C=O) groups is 1. The van der Waals surface area contributed by atoms with Gasteiger partial charge in [-0.15, -0.1) is 11.3 Å². The standard InChI is InChI=1S/C25H21FN2OS2/c1-17(31-25-27-22(16-30-25)18-12-14-21(26)15-13-18)24(29)28-23(19-8-4-2-5-9-19)20-10-6-3-7-11-20/h2-17,23H,1H3,(H,28,29). The zero-order chi connectivity index (χ0) is 21.6. The van der Waals surface area contributed by atoms with Gasteiger partial charge in [-0.05, 0) is 42.3 Å². The topological polar surface area (TPSA) is 42.0 Å². The fraction of sp³-hybridized carbons (Fsp3) is 0.120. The molecule has 1 heterocycles. The minimum absolute atomic E-state index is 0.0544. The van der Waals surface area contributed by atoms with Gasteiger partial charge in [0.15, 0.2) is 4.34 Å². The lowest BCUT2D eigenvalue weighted by atomic mass is 9.98. The van der Waals surface area contributed by atoms with Crippen molar-refractivity contribution in [3.8, 4) is 11.3 Å². The van der Waals surface area contributed by atoms with Crippen molar-refractivity contribution in [1.29, 1.82) is 0 Å². The van der Waals surface area contributed by atoms with Crippen LogP contribution in [0.25, 0.3) is 11.3 Å². The molecule has 0 aliphatic rings. The molecule has 4 aromatic rings. The predicted molar refractivity (Wildman–Crippen MR) is 126 cm³/mol. The van der Waals surface area contributed by atoms with Crippen LogP contribution in [0, 0.1) is 5.82 Å². The molecule has 4 rings (SSSR count). The predicted octanol–water partition coefficient (Wildman–Crippen LogP) is 6.34. The average molecular weight is 449 g/mol. The third kappa shape index (κ3) is 5.40. The van der Waals surface area contributed by atoms with Crippen molar-refractivity contribution >= 4 is 29.0 Å². The van der Waals surface area contributed by atoms with E-state index in [4.69, 9.17) is 0 Å². The van der Waals surface area contributed by atoms with E-state index in [1.165, 1.54) is 35.2 Å². The first-order valence-corrected chi connectivity index (χ1v) is 11.6. The minimum atomic E-state index is -0.317. The monoisotopic (exact) mass is 448 g/mol. The van der Waals surface area contributed by atoms with E-state index in [1.807, 2.05) is 73.0 Å². The van der Waals surface area contributed by atoms with E-state index < -0.39 is 0 Å². The largest absolute Gasteiger partial charge is 0.344 e. The van der Waals surface area contributed by atoms with Crippen LogP contribution in [-0.2, 0) is 4.79 Å². The van der Waals surface area contributed by atoms with Gasteiger partial charge in [-0.25, -0.2) is 9.37 Å². The number of hydrogen-bond acceptors (Lipinski definition) is 4. The minimum Gasteiger partial charge on any atom is -0.344 e.